The van der Waals surface area contributed by atoms with Crippen LogP contribution in [0.15, 0.2) is 42.5 Å². The molecule has 7 nitrogen and oxygen atoms in total. The minimum absolute atomic E-state index is 0.180. The highest BCUT2D eigenvalue weighted by atomic mass is 16.5. The molecule has 2 N–H and O–H groups in total. The molecule has 0 unspecified atom stereocenters. The molecule has 28 heavy (non-hydrogen) atoms. The lowest BCUT2D eigenvalue weighted by Gasteiger charge is -2.11. The second-order valence-electron chi connectivity index (χ2n) is 6.36. The van der Waals surface area contributed by atoms with Crippen molar-refractivity contribution in [2.24, 2.45) is 0 Å². The van der Waals surface area contributed by atoms with Gasteiger partial charge in [-0.3, -0.25) is 4.79 Å². The van der Waals surface area contributed by atoms with Gasteiger partial charge < -0.3 is 24.7 Å². The van der Waals surface area contributed by atoms with Crippen LogP contribution in [0.3, 0.4) is 0 Å². The molecule has 0 fully saturated rings. The summed E-state index contributed by atoms with van der Waals surface area (Å²) in [6.07, 6.45) is 1.02. The molecule has 2 aromatic carbocycles. The van der Waals surface area contributed by atoms with E-state index in [9.17, 15) is 4.79 Å². The zero-order chi connectivity index (χ0) is 19.9. The van der Waals surface area contributed by atoms with E-state index in [1.54, 1.807) is 32.4 Å². The van der Waals surface area contributed by atoms with Crippen LogP contribution in [0.5, 0.6) is 11.5 Å². The summed E-state index contributed by atoms with van der Waals surface area (Å²) in [5.41, 5.74) is 2.57. The molecule has 0 aliphatic rings. The number of imidazole rings is 1. The molecule has 1 amide bonds. The predicted molar refractivity (Wildman–Crippen MR) is 110 cm³/mol. The number of carbonyl (C=O) groups excluding carboxylic acids is 1. The van der Waals surface area contributed by atoms with Crippen molar-refractivity contribution in [3.05, 3.63) is 48.0 Å². The van der Waals surface area contributed by atoms with Crippen LogP contribution >= 0.6 is 0 Å². The maximum absolute atomic E-state index is 12.4. The maximum Gasteiger partial charge on any atom is 0.251 e. The van der Waals surface area contributed by atoms with Crippen LogP contribution in [-0.2, 0) is 6.54 Å². The molecular formula is C21H26N4O3. The Morgan fingerprint density at radius 1 is 1.07 bits per heavy atom. The molecule has 0 aliphatic heterocycles. The van der Waals surface area contributed by atoms with E-state index < -0.39 is 0 Å². The average molecular weight is 382 g/mol. The average Bonchev–Trinajstić information content (AvgIpc) is 3.08. The van der Waals surface area contributed by atoms with E-state index in [-0.39, 0.29) is 5.91 Å². The number of ether oxygens (including phenoxy) is 2. The lowest BCUT2D eigenvalue weighted by molar-refractivity contribution is 0.0954. The molecule has 0 saturated carbocycles. The number of hydrogen-bond donors (Lipinski definition) is 2. The highest BCUT2D eigenvalue weighted by Crippen LogP contribution is 2.22. The van der Waals surface area contributed by atoms with Gasteiger partial charge in [0.15, 0.2) is 0 Å². The minimum atomic E-state index is -0.180. The standard InChI is InChI=1S/C21H26N4O3/c1-4-11-25-19-8-6-5-7-18(19)24-21(25)23-10-9-22-20(26)15-12-16(27-2)14-17(13-15)28-3/h5-8,12-14H,4,9-11H2,1-3H3,(H,22,26)(H,23,24). The largest absolute Gasteiger partial charge is 0.497 e. The molecular weight excluding hydrogens is 356 g/mol. The Bertz CT molecular complexity index is 930. The van der Waals surface area contributed by atoms with Crippen LogP contribution in [0.25, 0.3) is 11.0 Å². The van der Waals surface area contributed by atoms with Gasteiger partial charge in [-0.1, -0.05) is 19.1 Å². The summed E-state index contributed by atoms with van der Waals surface area (Å²) in [5, 5.41) is 6.23. The number of para-hydroxylation sites is 2. The number of methoxy groups -OCH3 is 2. The fourth-order valence-corrected chi connectivity index (χ4v) is 3.05. The molecule has 0 spiro atoms. The number of anilines is 1. The fraction of sp³-hybridized carbons (Fsp3) is 0.333. The number of benzene rings is 2. The van der Waals surface area contributed by atoms with E-state index in [2.05, 4.69) is 33.2 Å². The molecule has 0 atom stereocenters. The van der Waals surface area contributed by atoms with E-state index in [0.29, 0.717) is 30.2 Å². The number of carbonyl (C=O) groups is 1. The molecule has 7 heteroatoms. The summed E-state index contributed by atoms with van der Waals surface area (Å²) in [6.45, 7) is 4.06. The highest BCUT2D eigenvalue weighted by molar-refractivity contribution is 5.95. The number of aromatic nitrogens is 2. The third-order valence-corrected chi connectivity index (χ3v) is 4.41. The molecule has 1 aromatic heterocycles. The Kier molecular flexibility index (Phi) is 6.37. The molecule has 3 rings (SSSR count). The summed E-state index contributed by atoms with van der Waals surface area (Å²) in [7, 11) is 3.12. The first-order chi connectivity index (χ1) is 13.7. The Balaban J connectivity index is 1.61. The normalized spacial score (nSPS) is 10.7. The first-order valence-electron chi connectivity index (χ1n) is 9.36. The Hall–Kier alpha value is -3.22. The number of amides is 1. The van der Waals surface area contributed by atoms with Crippen LogP contribution in [0, 0.1) is 0 Å². The van der Waals surface area contributed by atoms with E-state index >= 15 is 0 Å². The number of nitrogens with zero attached hydrogens (tertiary/aromatic N) is 2. The van der Waals surface area contributed by atoms with E-state index in [4.69, 9.17) is 9.47 Å². The molecule has 0 saturated heterocycles. The van der Waals surface area contributed by atoms with Crippen LogP contribution in [0.2, 0.25) is 0 Å². The first-order valence-corrected chi connectivity index (χ1v) is 9.36. The summed E-state index contributed by atoms with van der Waals surface area (Å²) in [6, 6.07) is 13.2. The van der Waals surface area contributed by atoms with Crippen LogP contribution < -0.4 is 20.1 Å². The van der Waals surface area contributed by atoms with Gasteiger partial charge in [-0.25, -0.2) is 4.98 Å². The van der Waals surface area contributed by atoms with Crippen molar-refractivity contribution in [1.29, 1.82) is 0 Å². The molecule has 0 radical (unpaired) electrons. The Labute approximate surface area is 164 Å². The Morgan fingerprint density at radius 2 is 1.79 bits per heavy atom. The number of rotatable bonds is 9. The summed E-state index contributed by atoms with van der Waals surface area (Å²) < 4.78 is 12.6. The van der Waals surface area contributed by atoms with Crippen molar-refractivity contribution in [3.8, 4) is 11.5 Å². The van der Waals surface area contributed by atoms with Gasteiger partial charge in [0.05, 0.1) is 25.3 Å². The van der Waals surface area contributed by atoms with Crippen LogP contribution in [0.1, 0.15) is 23.7 Å². The number of aryl methyl sites for hydroxylation is 1. The van der Waals surface area contributed by atoms with Gasteiger partial charge in [0.1, 0.15) is 11.5 Å². The predicted octanol–water partition coefficient (Wildman–Crippen LogP) is 3.31. The van der Waals surface area contributed by atoms with Crippen LogP contribution in [-0.4, -0.2) is 42.8 Å². The van der Waals surface area contributed by atoms with Crippen LogP contribution in [0.4, 0.5) is 5.95 Å². The first kappa shape index (κ1) is 19.5. The molecule has 1 heterocycles. The molecule has 148 valence electrons. The van der Waals surface area contributed by atoms with Crippen molar-refractivity contribution in [3.63, 3.8) is 0 Å². The topological polar surface area (TPSA) is 77.4 Å². The number of hydrogen-bond acceptors (Lipinski definition) is 5. The lowest BCUT2D eigenvalue weighted by Crippen LogP contribution is -2.29. The SMILES string of the molecule is CCCn1c(NCCNC(=O)c2cc(OC)cc(OC)c2)nc2ccccc21. The lowest BCUT2D eigenvalue weighted by atomic mass is 10.2. The molecule has 0 bridgehead atoms. The maximum atomic E-state index is 12.4. The third kappa shape index (κ3) is 4.36. The van der Waals surface area contributed by atoms with Gasteiger partial charge in [0, 0.05) is 31.3 Å². The summed E-state index contributed by atoms with van der Waals surface area (Å²) >= 11 is 0. The smallest absolute Gasteiger partial charge is 0.251 e. The third-order valence-electron chi connectivity index (χ3n) is 4.41. The number of nitrogens with one attached hydrogen (secondary N) is 2. The van der Waals surface area contributed by atoms with Gasteiger partial charge in [0.25, 0.3) is 5.91 Å². The minimum Gasteiger partial charge on any atom is -0.497 e. The summed E-state index contributed by atoms with van der Waals surface area (Å²) in [5.74, 6) is 1.80. The highest BCUT2D eigenvalue weighted by Gasteiger charge is 2.11. The van der Waals surface area contributed by atoms with Crippen molar-refractivity contribution in [1.82, 2.24) is 14.9 Å². The van der Waals surface area contributed by atoms with E-state index in [1.165, 1.54) is 0 Å². The second-order valence-corrected chi connectivity index (χ2v) is 6.36. The van der Waals surface area contributed by atoms with Crippen molar-refractivity contribution >= 4 is 22.9 Å². The quantitative estimate of drug-likeness (QED) is 0.555. The molecule has 3 aromatic rings. The van der Waals surface area contributed by atoms with Gasteiger partial charge in [-0.2, -0.15) is 0 Å². The summed E-state index contributed by atoms with van der Waals surface area (Å²) in [4.78, 5) is 17.1. The van der Waals surface area contributed by atoms with Crippen molar-refractivity contribution in [2.45, 2.75) is 19.9 Å². The zero-order valence-corrected chi connectivity index (χ0v) is 16.5. The molecule has 0 aliphatic carbocycles. The van der Waals surface area contributed by atoms with Crippen molar-refractivity contribution < 1.29 is 14.3 Å². The van der Waals surface area contributed by atoms with E-state index in [0.717, 1.165) is 29.9 Å². The zero-order valence-electron chi connectivity index (χ0n) is 16.5. The van der Waals surface area contributed by atoms with Gasteiger partial charge in [-0.15, -0.1) is 0 Å². The fourth-order valence-electron chi connectivity index (χ4n) is 3.05. The van der Waals surface area contributed by atoms with Gasteiger partial charge in [-0.05, 0) is 30.7 Å². The monoisotopic (exact) mass is 382 g/mol. The number of fused-ring (bicyclic) bond motifs is 1. The van der Waals surface area contributed by atoms with Gasteiger partial charge >= 0.3 is 0 Å². The Morgan fingerprint density at radius 3 is 2.46 bits per heavy atom. The van der Waals surface area contributed by atoms with Crippen molar-refractivity contribution in [2.75, 3.05) is 32.6 Å². The van der Waals surface area contributed by atoms with E-state index in [1.807, 2.05) is 18.2 Å². The van der Waals surface area contributed by atoms with Gasteiger partial charge in [0.2, 0.25) is 5.95 Å². The second kappa shape index (κ2) is 9.12.